The third kappa shape index (κ3) is 1.96. The first-order valence-corrected chi connectivity index (χ1v) is 2.58. The SMILES string of the molecule is OC(O)Oc1ccncn1. The summed E-state index contributed by atoms with van der Waals surface area (Å²) >= 11 is 0. The third-order valence-electron chi connectivity index (χ3n) is 0.781. The van der Waals surface area contributed by atoms with Crippen LogP contribution in [0.4, 0.5) is 0 Å². The van der Waals surface area contributed by atoms with Gasteiger partial charge in [0, 0.05) is 12.3 Å². The second-order valence-corrected chi connectivity index (χ2v) is 1.49. The van der Waals surface area contributed by atoms with Gasteiger partial charge in [0.05, 0.1) is 0 Å². The first-order chi connectivity index (χ1) is 4.79. The number of nitrogens with zero attached hydrogens (tertiary/aromatic N) is 2. The summed E-state index contributed by atoms with van der Waals surface area (Å²) in [7, 11) is 0. The van der Waals surface area contributed by atoms with Gasteiger partial charge in [-0.2, -0.15) is 0 Å². The molecule has 0 saturated heterocycles. The molecule has 5 nitrogen and oxygen atoms in total. The van der Waals surface area contributed by atoms with Crippen molar-refractivity contribution in [3.05, 3.63) is 18.6 Å². The molecule has 0 aromatic carbocycles. The third-order valence-corrected chi connectivity index (χ3v) is 0.781. The summed E-state index contributed by atoms with van der Waals surface area (Å²) < 4.78 is 4.37. The molecule has 1 rings (SSSR count). The molecule has 0 unspecified atom stereocenters. The van der Waals surface area contributed by atoms with Crippen LogP contribution in [0.25, 0.3) is 0 Å². The van der Waals surface area contributed by atoms with Gasteiger partial charge in [-0.15, -0.1) is 0 Å². The Kier molecular flexibility index (Phi) is 2.14. The zero-order valence-electron chi connectivity index (χ0n) is 5.01. The zero-order valence-corrected chi connectivity index (χ0v) is 5.01. The Morgan fingerprint density at radius 3 is 2.80 bits per heavy atom. The van der Waals surface area contributed by atoms with Gasteiger partial charge in [0.1, 0.15) is 6.33 Å². The van der Waals surface area contributed by atoms with Gasteiger partial charge in [-0.1, -0.05) is 0 Å². The molecule has 1 heterocycles. The Balaban J connectivity index is 2.59. The summed E-state index contributed by atoms with van der Waals surface area (Å²) in [4.78, 5) is 7.16. The Hall–Kier alpha value is -1.20. The van der Waals surface area contributed by atoms with E-state index in [0.717, 1.165) is 0 Å². The van der Waals surface area contributed by atoms with E-state index in [1.54, 1.807) is 0 Å². The molecular weight excluding hydrogens is 136 g/mol. The molecule has 0 amide bonds. The average Bonchev–Trinajstić information content (AvgIpc) is 1.88. The lowest BCUT2D eigenvalue weighted by atomic mass is 10.6. The van der Waals surface area contributed by atoms with E-state index < -0.39 is 6.48 Å². The number of aliphatic hydroxyl groups excluding tert-OH is 1. The van der Waals surface area contributed by atoms with Crippen LogP contribution in [-0.4, -0.2) is 26.7 Å². The molecule has 0 aliphatic carbocycles. The van der Waals surface area contributed by atoms with E-state index in [1.165, 1.54) is 18.6 Å². The molecule has 0 saturated carbocycles. The Labute approximate surface area is 56.9 Å². The minimum atomic E-state index is -1.82. The fourth-order valence-corrected chi connectivity index (χ4v) is 0.456. The molecule has 1 aromatic rings. The van der Waals surface area contributed by atoms with Crippen molar-refractivity contribution in [2.45, 2.75) is 6.48 Å². The quantitative estimate of drug-likeness (QED) is 0.524. The summed E-state index contributed by atoms with van der Waals surface area (Å²) in [5.74, 6) is 0.130. The molecule has 0 bridgehead atoms. The van der Waals surface area contributed by atoms with E-state index in [4.69, 9.17) is 10.2 Å². The fraction of sp³-hybridized carbons (Fsp3) is 0.200. The van der Waals surface area contributed by atoms with Crippen LogP contribution in [0, 0.1) is 0 Å². The summed E-state index contributed by atoms with van der Waals surface area (Å²) in [5, 5.41) is 16.6. The van der Waals surface area contributed by atoms with Gasteiger partial charge in [-0.3, -0.25) is 0 Å². The standard InChI is InChI=1S/C5H6N2O3/c8-5(9)10-4-1-2-6-3-7-4/h1-3,5,8-9H. The highest BCUT2D eigenvalue weighted by molar-refractivity contribution is 5.03. The zero-order chi connectivity index (χ0) is 7.40. The maximum Gasteiger partial charge on any atom is 0.312 e. The molecule has 1 aromatic heterocycles. The average molecular weight is 142 g/mol. The van der Waals surface area contributed by atoms with Crippen molar-refractivity contribution in [1.82, 2.24) is 9.97 Å². The van der Waals surface area contributed by atoms with Crippen LogP contribution in [0.5, 0.6) is 5.88 Å². The van der Waals surface area contributed by atoms with Crippen molar-refractivity contribution in [3.8, 4) is 5.88 Å². The minimum absolute atomic E-state index is 0.130. The number of rotatable bonds is 2. The molecule has 0 aliphatic rings. The Bertz CT molecular complexity index is 189. The lowest BCUT2D eigenvalue weighted by Gasteiger charge is -2.03. The Morgan fingerprint density at radius 2 is 2.30 bits per heavy atom. The minimum Gasteiger partial charge on any atom is -0.424 e. The number of aromatic nitrogens is 2. The molecule has 0 spiro atoms. The van der Waals surface area contributed by atoms with Crippen LogP contribution in [0.15, 0.2) is 18.6 Å². The van der Waals surface area contributed by atoms with Crippen LogP contribution in [0.3, 0.4) is 0 Å². The van der Waals surface area contributed by atoms with Crippen molar-refractivity contribution in [2.75, 3.05) is 0 Å². The van der Waals surface area contributed by atoms with Crippen molar-refractivity contribution >= 4 is 0 Å². The van der Waals surface area contributed by atoms with Crippen LogP contribution in [-0.2, 0) is 0 Å². The van der Waals surface area contributed by atoms with Gasteiger partial charge in [0.15, 0.2) is 0 Å². The lowest BCUT2D eigenvalue weighted by Crippen LogP contribution is -2.14. The second-order valence-electron chi connectivity index (χ2n) is 1.49. The van der Waals surface area contributed by atoms with E-state index in [2.05, 4.69) is 14.7 Å². The fourth-order valence-electron chi connectivity index (χ4n) is 0.456. The van der Waals surface area contributed by atoms with E-state index in [0.29, 0.717) is 0 Å². The van der Waals surface area contributed by atoms with Gasteiger partial charge in [0.25, 0.3) is 0 Å². The first kappa shape index (κ1) is 6.91. The first-order valence-electron chi connectivity index (χ1n) is 2.58. The van der Waals surface area contributed by atoms with Crippen LogP contribution in [0.1, 0.15) is 0 Å². The Morgan fingerprint density at radius 1 is 1.50 bits per heavy atom. The normalized spacial score (nSPS) is 9.90. The smallest absolute Gasteiger partial charge is 0.312 e. The van der Waals surface area contributed by atoms with Gasteiger partial charge < -0.3 is 14.9 Å². The van der Waals surface area contributed by atoms with Crippen LogP contribution < -0.4 is 4.74 Å². The van der Waals surface area contributed by atoms with E-state index in [9.17, 15) is 0 Å². The van der Waals surface area contributed by atoms with Crippen LogP contribution >= 0.6 is 0 Å². The van der Waals surface area contributed by atoms with Gasteiger partial charge >= 0.3 is 6.48 Å². The predicted octanol–water partition coefficient (Wildman–Crippen LogP) is -0.876. The summed E-state index contributed by atoms with van der Waals surface area (Å²) in [6.07, 6.45) is 2.68. The maximum absolute atomic E-state index is 8.28. The highest BCUT2D eigenvalue weighted by Gasteiger charge is 1.98. The highest BCUT2D eigenvalue weighted by atomic mass is 16.7. The molecule has 0 radical (unpaired) electrons. The maximum atomic E-state index is 8.28. The molecule has 10 heavy (non-hydrogen) atoms. The number of aliphatic hydroxyl groups is 2. The van der Waals surface area contributed by atoms with Gasteiger partial charge in [-0.25, -0.2) is 9.97 Å². The topological polar surface area (TPSA) is 75.5 Å². The number of hydrogen-bond donors (Lipinski definition) is 2. The summed E-state index contributed by atoms with van der Waals surface area (Å²) in [6.45, 7) is -1.82. The number of ether oxygens (including phenoxy) is 1. The lowest BCUT2D eigenvalue weighted by molar-refractivity contribution is -0.181. The largest absolute Gasteiger partial charge is 0.424 e. The monoisotopic (exact) mass is 142 g/mol. The number of hydrogen-bond acceptors (Lipinski definition) is 5. The van der Waals surface area contributed by atoms with E-state index in [1.807, 2.05) is 0 Å². The molecule has 0 atom stereocenters. The van der Waals surface area contributed by atoms with Crippen molar-refractivity contribution in [3.63, 3.8) is 0 Å². The molecule has 5 heteroatoms. The molecule has 2 N–H and O–H groups in total. The molecule has 0 aliphatic heterocycles. The molecule has 54 valence electrons. The molecular formula is C5H6N2O3. The second kappa shape index (κ2) is 3.09. The van der Waals surface area contributed by atoms with Crippen molar-refractivity contribution in [2.24, 2.45) is 0 Å². The molecule has 0 fully saturated rings. The summed E-state index contributed by atoms with van der Waals surface area (Å²) in [6, 6.07) is 1.42. The van der Waals surface area contributed by atoms with Crippen LogP contribution in [0.2, 0.25) is 0 Å². The summed E-state index contributed by atoms with van der Waals surface area (Å²) in [5.41, 5.74) is 0. The van der Waals surface area contributed by atoms with Gasteiger partial charge in [0.2, 0.25) is 5.88 Å². The predicted molar refractivity (Wildman–Crippen MR) is 30.9 cm³/mol. The van der Waals surface area contributed by atoms with Crippen molar-refractivity contribution < 1.29 is 14.9 Å². The van der Waals surface area contributed by atoms with Crippen molar-refractivity contribution in [1.29, 1.82) is 0 Å². The van der Waals surface area contributed by atoms with Gasteiger partial charge in [-0.05, 0) is 0 Å². The van der Waals surface area contributed by atoms with E-state index in [-0.39, 0.29) is 5.88 Å². The highest BCUT2D eigenvalue weighted by Crippen LogP contribution is 2.01. The van der Waals surface area contributed by atoms with E-state index >= 15 is 0 Å².